The fourth-order valence-electron chi connectivity index (χ4n) is 4.51. The molecular formula is C26H30BrN3O2. The Kier molecular flexibility index (Phi) is 6.79. The highest BCUT2D eigenvalue weighted by Crippen LogP contribution is 2.32. The Morgan fingerprint density at radius 3 is 2.62 bits per heavy atom. The lowest BCUT2D eigenvalue weighted by Crippen LogP contribution is -2.25. The van der Waals surface area contributed by atoms with Crippen LogP contribution in [0.2, 0.25) is 0 Å². The summed E-state index contributed by atoms with van der Waals surface area (Å²) in [5, 5.41) is 5.28. The molecule has 1 aromatic heterocycles. The predicted molar refractivity (Wildman–Crippen MR) is 134 cm³/mol. The number of nitrogens with zero attached hydrogens (tertiary/aromatic N) is 3. The Balaban J connectivity index is 1.86. The van der Waals surface area contributed by atoms with Gasteiger partial charge in [-0.1, -0.05) is 49.0 Å². The third-order valence-corrected chi connectivity index (χ3v) is 6.85. The molecule has 32 heavy (non-hydrogen) atoms. The molecule has 0 aliphatic heterocycles. The van der Waals surface area contributed by atoms with Crippen LogP contribution in [0.4, 0.5) is 0 Å². The normalized spacial score (nSPS) is 15.2. The third kappa shape index (κ3) is 4.51. The highest BCUT2D eigenvalue weighted by molar-refractivity contribution is 9.10. The second kappa shape index (κ2) is 9.57. The lowest BCUT2D eigenvalue weighted by Gasteiger charge is -2.23. The quantitative estimate of drug-likeness (QED) is 0.378. The van der Waals surface area contributed by atoms with Crippen molar-refractivity contribution >= 4 is 33.0 Å². The average Bonchev–Trinajstić information content (AvgIpc) is 2.79. The van der Waals surface area contributed by atoms with Crippen molar-refractivity contribution < 1.29 is 4.74 Å². The van der Waals surface area contributed by atoms with Gasteiger partial charge in [0.2, 0.25) is 0 Å². The topological polar surface area (TPSA) is 56.5 Å². The van der Waals surface area contributed by atoms with E-state index in [-0.39, 0.29) is 11.5 Å². The van der Waals surface area contributed by atoms with E-state index in [1.807, 2.05) is 31.2 Å². The average molecular weight is 496 g/mol. The summed E-state index contributed by atoms with van der Waals surface area (Å²) < 4.78 is 7.96. The van der Waals surface area contributed by atoms with Crippen molar-refractivity contribution in [3.05, 3.63) is 67.7 Å². The summed E-state index contributed by atoms with van der Waals surface area (Å²) in [5.41, 5.74) is 3.76. The maximum absolute atomic E-state index is 13.5. The molecule has 0 saturated heterocycles. The highest BCUT2D eigenvalue weighted by Gasteiger charge is 2.22. The molecule has 1 saturated carbocycles. The Labute approximate surface area is 197 Å². The van der Waals surface area contributed by atoms with E-state index >= 15 is 0 Å². The number of rotatable bonds is 5. The molecule has 0 atom stereocenters. The first-order valence-corrected chi connectivity index (χ1v) is 12.1. The minimum Gasteiger partial charge on any atom is -0.496 e. The zero-order chi connectivity index (χ0) is 22.8. The van der Waals surface area contributed by atoms with Crippen LogP contribution in [0.15, 0.2) is 44.7 Å². The van der Waals surface area contributed by atoms with Gasteiger partial charge in [0, 0.05) is 10.4 Å². The van der Waals surface area contributed by atoms with E-state index < -0.39 is 0 Å². The van der Waals surface area contributed by atoms with Crippen LogP contribution in [0, 0.1) is 6.92 Å². The van der Waals surface area contributed by atoms with E-state index in [4.69, 9.17) is 14.8 Å². The van der Waals surface area contributed by atoms with Gasteiger partial charge >= 0.3 is 0 Å². The molecule has 1 aliphatic rings. The number of fused-ring (bicyclic) bond motifs is 1. The summed E-state index contributed by atoms with van der Waals surface area (Å²) in [6.07, 6.45) is 7.45. The van der Waals surface area contributed by atoms with Gasteiger partial charge in [-0.15, -0.1) is 0 Å². The molecule has 1 heterocycles. The van der Waals surface area contributed by atoms with Gasteiger partial charge in [-0.05, 0) is 72.7 Å². The van der Waals surface area contributed by atoms with Crippen molar-refractivity contribution in [3.63, 3.8) is 0 Å². The van der Waals surface area contributed by atoms with Crippen molar-refractivity contribution in [1.82, 2.24) is 9.66 Å². The number of aryl methyl sites for hydroxylation is 1. The lowest BCUT2D eigenvalue weighted by molar-refractivity contribution is 0.407. The van der Waals surface area contributed by atoms with Crippen LogP contribution in [0.3, 0.4) is 0 Å². The van der Waals surface area contributed by atoms with Gasteiger partial charge in [0.1, 0.15) is 11.6 Å². The Bertz CT molecular complexity index is 1220. The van der Waals surface area contributed by atoms with Crippen LogP contribution in [0.25, 0.3) is 10.9 Å². The van der Waals surface area contributed by atoms with Crippen molar-refractivity contribution in [1.29, 1.82) is 0 Å². The number of hydrogen-bond acceptors (Lipinski definition) is 4. The summed E-state index contributed by atoms with van der Waals surface area (Å²) in [6.45, 7) is 6.32. The predicted octanol–water partition coefficient (Wildman–Crippen LogP) is 6.53. The van der Waals surface area contributed by atoms with Crippen molar-refractivity contribution in [2.45, 2.75) is 64.7 Å². The van der Waals surface area contributed by atoms with E-state index in [1.54, 1.807) is 13.3 Å². The van der Waals surface area contributed by atoms with Crippen molar-refractivity contribution in [2.24, 2.45) is 5.10 Å². The van der Waals surface area contributed by atoms with Crippen LogP contribution < -0.4 is 10.3 Å². The minimum atomic E-state index is -0.122. The minimum absolute atomic E-state index is 0.122. The van der Waals surface area contributed by atoms with E-state index in [1.165, 1.54) is 11.1 Å². The summed E-state index contributed by atoms with van der Waals surface area (Å²) in [6, 6.07) is 9.82. The number of hydrogen-bond donors (Lipinski definition) is 0. The molecule has 0 N–H and O–H groups in total. The summed E-state index contributed by atoms with van der Waals surface area (Å²) >= 11 is 3.48. The Morgan fingerprint density at radius 2 is 1.94 bits per heavy atom. The van der Waals surface area contributed by atoms with Crippen LogP contribution in [-0.2, 0) is 0 Å². The molecule has 0 bridgehead atoms. The number of benzene rings is 2. The van der Waals surface area contributed by atoms with Crippen molar-refractivity contribution in [2.75, 3.05) is 7.11 Å². The Morgan fingerprint density at radius 1 is 1.19 bits per heavy atom. The molecule has 5 nitrogen and oxygen atoms in total. The molecule has 0 spiro atoms. The zero-order valence-electron chi connectivity index (χ0n) is 19.2. The van der Waals surface area contributed by atoms with Crippen LogP contribution >= 0.6 is 15.9 Å². The van der Waals surface area contributed by atoms with Crippen LogP contribution in [0.1, 0.15) is 80.3 Å². The van der Waals surface area contributed by atoms with Gasteiger partial charge < -0.3 is 4.74 Å². The molecule has 2 aromatic carbocycles. The van der Waals surface area contributed by atoms with E-state index in [0.717, 1.165) is 63.9 Å². The smallest absolute Gasteiger partial charge is 0.282 e. The fourth-order valence-corrected chi connectivity index (χ4v) is 4.87. The summed E-state index contributed by atoms with van der Waals surface area (Å²) in [4.78, 5) is 18.4. The van der Waals surface area contributed by atoms with Gasteiger partial charge in [0.25, 0.3) is 5.56 Å². The first kappa shape index (κ1) is 22.7. The highest BCUT2D eigenvalue weighted by atomic mass is 79.9. The SMILES string of the molecule is COc1cc(C)c(C=Nn2c(C3CCCCC3)nc3ccc(Br)cc3c2=O)cc1C(C)C. The molecule has 168 valence electrons. The van der Waals surface area contributed by atoms with E-state index in [0.29, 0.717) is 11.3 Å². The molecule has 0 unspecified atom stereocenters. The van der Waals surface area contributed by atoms with Gasteiger partial charge in [-0.2, -0.15) is 9.78 Å². The number of aromatic nitrogens is 2. The molecule has 0 radical (unpaired) electrons. The first-order valence-electron chi connectivity index (χ1n) is 11.3. The lowest BCUT2D eigenvalue weighted by atomic mass is 9.88. The monoisotopic (exact) mass is 495 g/mol. The molecule has 3 aromatic rings. The molecular weight excluding hydrogens is 466 g/mol. The van der Waals surface area contributed by atoms with Gasteiger partial charge in [0.15, 0.2) is 0 Å². The Hall–Kier alpha value is -2.47. The molecule has 0 amide bonds. The van der Waals surface area contributed by atoms with E-state index in [2.05, 4.69) is 35.8 Å². The fraction of sp³-hybridized carbons (Fsp3) is 0.423. The third-order valence-electron chi connectivity index (χ3n) is 6.36. The van der Waals surface area contributed by atoms with E-state index in [9.17, 15) is 4.79 Å². The zero-order valence-corrected chi connectivity index (χ0v) is 20.8. The number of methoxy groups -OCH3 is 1. The largest absolute Gasteiger partial charge is 0.496 e. The van der Waals surface area contributed by atoms with Gasteiger partial charge in [0.05, 0.1) is 24.2 Å². The number of ether oxygens (including phenoxy) is 1. The molecule has 6 heteroatoms. The van der Waals surface area contributed by atoms with Gasteiger partial charge in [-0.25, -0.2) is 4.98 Å². The second-order valence-electron chi connectivity index (χ2n) is 8.93. The second-order valence-corrected chi connectivity index (χ2v) is 9.85. The van der Waals surface area contributed by atoms with Crippen LogP contribution in [0.5, 0.6) is 5.75 Å². The van der Waals surface area contributed by atoms with Gasteiger partial charge in [-0.3, -0.25) is 4.79 Å². The standard InChI is InChI=1S/C26H30BrN3O2/c1-16(2)21-13-19(17(3)12-24(21)32-4)15-28-30-25(18-8-6-5-7-9-18)29-23-11-10-20(27)14-22(23)26(30)31/h10-16,18H,5-9H2,1-4H3. The number of halogens is 1. The summed E-state index contributed by atoms with van der Waals surface area (Å²) in [7, 11) is 1.70. The molecule has 1 fully saturated rings. The van der Waals surface area contributed by atoms with Crippen LogP contribution in [-0.4, -0.2) is 23.0 Å². The first-order chi connectivity index (χ1) is 15.4. The summed E-state index contributed by atoms with van der Waals surface area (Å²) in [5.74, 6) is 2.23. The molecule has 4 rings (SSSR count). The molecule has 1 aliphatic carbocycles. The van der Waals surface area contributed by atoms with Crippen molar-refractivity contribution in [3.8, 4) is 5.75 Å². The maximum atomic E-state index is 13.5. The maximum Gasteiger partial charge on any atom is 0.282 e.